The topological polar surface area (TPSA) is 40.5 Å². The Bertz CT molecular complexity index is 344. The lowest BCUT2D eigenvalue weighted by Crippen LogP contribution is -2.40. The van der Waals surface area contributed by atoms with Gasteiger partial charge in [0.15, 0.2) is 0 Å². The standard InChI is InChI=1S/C12H19NO2S2/c1-12(2,15)9-13(3)11(14)8-16-7-10-5-4-6-17-10/h4-6,15H,7-9H2,1-3H3. The van der Waals surface area contributed by atoms with E-state index in [-0.39, 0.29) is 5.91 Å². The summed E-state index contributed by atoms with van der Waals surface area (Å²) < 4.78 is 0. The van der Waals surface area contributed by atoms with Crippen LogP contribution >= 0.6 is 23.1 Å². The SMILES string of the molecule is CN(CC(C)(C)O)C(=O)CSCc1cccs1. The summed E-state index contributed by atoms with van der Waals surface area (Å²) in [7, 11) is 1.73. The Morgan fingerprint density at radius 2 is 2.29 bits per heavy atom. The van der Waals surface area contributed by atoms with E-state index in [9.17, 15) is 9.90 Å². The van der Waals surface area contributed by atoms with Gasteiger partial charge in [-0.3, -0.25) is 4.79 Å². The molecule has 1 aromatic rings. The minimum absolute atomic E-state index is 0.0636. The van der Waals surface area contributed by atoms with Crippen molar-refractivity contribution in [3.8, 4) is 0 Å². The van der Waals surface area contributed by atoms with Crippen LogP contribution in [0, 0.1) is 0 Å². The number of thioether (sulfide) groups is 1. The first-order valence-electron chi connectivity index (χ1n) is 5.45. The summed E-state index contributed by atoms with van der Waals surface area (Å²) in [5.41, 5.74) is -0.831. The first kappa shape index (κ1) is 14.5. The van der Waals surface area contributed by atoms with Crippen molar-refractivity contribution in [1.29, 1.82) is 0 Å². The highest BCUT2D eigenvalue weighted by Crippen LogP contribution is 2.17. The van der Waals surface area contributed by atoms with Gasteiger partial charge in [0, 0.05) is 24.2 Å². The third kappa shape index (κ3) is 6.10. The Hall–Kier alpha value is -0.520. The molecule has 0 aliphatic heterocycles. The van der Waals surface area contributed by atoms with Crippen LogP contribution in [0.1, 0.15) is 18.7 Å². The third-order valence-electron chi connectivity index (χ3n) is 2.10. The first-order chi connectivity index (χ1) is 7.88. The molecule has 96 valence electrons. The van der Waals surface area contributed by atoms with Crippen LogP contribution in [0.25, 0.3) is 0 Å². The second-order valence-electron chi connectivity index (χ2n) is 4.63. The van der Waals surface area contributed by atoms with Gasteiger partial charge in [-0.25, -0.2) is 0 Å². The molecule has 0 saturated heterocycles. The third-order valence-corrected chi connectivity index (χ3v) is 4.13. The van der Waals surface area contributed by atoms with Gasteiger partial charge in [-0.2, -0.15) is 0 Å². The molecule has 0 bridgehead atoms. The quantitative estimate of drug-likeness (QED) is 0.864. The second-order valence-corrected chi connectivity index (χ2v) is 6.65. The molecule has 0 spiro atoms. The molecule has 0 aliphatic rings. The van der Waals surface area contributed by atoms with Crippen molar-refractivity contribution in [1.82, 2.24) is 4.90 Å². The van der Waals surface area contributed by atoms with Crippen molar-refractivity contribution in [2.45, 2.75) is 25.2 Å². The summed E-state index contributed by atoms with van der Waals surface area (Å²) in [6, 6.07) is 4.09. The Morgan fingerprint density at radius 1 is 1.59 bits per heavy atom. The largest absolute Gasteiger partial charge is 0.389 e. The van der Waals surface area contributed by atoms with Crippen LogP contribution in [0.4, 0.5) is 0 Å². The summed E-state index contributed by atoms with van der Waals surface area (Å²) in [6.07, 6.45) is 0. The Morgan fingerprint density at radius 3 is 2.82 bits per heavy atom. The van der Waals surface area contributed by atoms with Crippen molar-refractivity contribution in [3.05, 3.63) is 22.4 Å². The Balaban J connectivity index is 2.25. The van der Waals surface area contributed by atoms with Gasteiger partial charge in [0.1, 0.15) is 0 Å². The highest BCUT2D eigenvalue weighted by Gasteiger charge is 2.18. The van der Waals surface area contributed by atoms with Crippen LogP contribution in [0.5, 0.6) is 0 Å². The molecule has 1 rings (SSSR count). The van der Waals surface area contributed by atoms with Gasteiger partial charge >= 0.3 is 0 Å². The molecule has 0 aromatic carbocycles. The van der Waals surface area contributed by atoms with Crippen molar-refractivity contribution < 1.29 is 9.90 Å². The van der Waals surface area contributed by atoms with Crippen molar-refractivity contribution in [2.75, 3.05) is 19.3 Å². The van der Waals surface area contributed by atoms with E-state index in [0.717, 1.165) is 5.75 Å². The highest BCUT2D eigenvalue weighted by atomic mass is 32.2. The van der Waals surface area contributed by atoms with Gasteiger partial charge in [0.25, 0.3) is 0 Å². The van der Waals surface area contributed by atoms with Crippen LogP contribution in [-0.2, 0) is 10.5 Å². The highest BCUT2D eigenvalue weighted by molar-refractivity contribution is 7.99. The van der Waals surface area contributed by atoms with Crippen molar-refractivity contribution in [2.24, 2.45) is 0 Å². The van der Waals surface area contributed by atoms with E-state index in [0.29, 0.717) is 12.3 Å². The van der Waals surface area contributed by atoms with Crippen LogP contribution in [0.3, 0.4) is 0 Å². The molecule has 0 radical (unpaired) electrons. The minimum Gasteiger partial charge on any atom is -0.389 e. The predicted octanol–water partition coefficient (Wildman–Crippen LogP) is 2.21. The van der Waals surface area contributed by atoms with E-state index in [4.69, 9.17) is 0 Å². The molecule has 0 unspecified atom stereocenters. The Labute approximate surface area is 111 Å². The van der Waals surface area contributed by atoms with E-state index in [1.54, 1.807) is 48.9 Å². The van der Waals surface area contributed by atoms with Crippen molar-refractivity contribution in [3.63, 3.8) is 0 Å². The zero-order valence-electron chi connectivity index (χ0n) is 10.5. The lowest BCUT2D eigenvalue weighted by Gasteiger charge is -2.25. The molecule has 5 heteroatoms. The maximum Gasteiger partial charge on any atom is 0.232 e. The number of hydrogen-bond donors (Lipinski definition) is 1. The van der Waals surface area contributed by atoms with E-state index in [1.165, 1.54) is 4.88 Å². The van der Waals surface area contributed by atoms with Gasteiger partial charge in [-0.15, -0.1) is 23.1 Å². The molecule has 3 nitrogen and oxygen atoms in total. The average molecular weight is 273 g/mol. The van der Waals surface area contributed by atoms with Gasteiger partial charge in [-0.05, 0) is 25.3 Å². The van der Waals surface area contributed by atoms with E-state index < -0.39 is 5.60 Å². The van der Waals surface area contributed by atoms with E-state index in [2.05, 4.69) is 6.07 Å². The first-order valence-corrected chi connectivity index (χ1v) is 7.48. The summed E-state index contributed by atoms with van der Waals surface area (Å²) in [6.45, 7) is 3.77. The number of aliphatic hydroxyl groups is 1. The number of rotatable bonds is 6. The number of nitrogens with zero attached hydrogens (tertiary/aromatic N) is 1. The zero-order chi connectivity index (χ0) is 12.9. The zero-order valence-corrected chi connectivity index (χ0v) is 12.1. The lowest BCUT2D eigenvalue weighted by atomic mass is 10.1. The summed E-state index contributed by atoms with van der Waals surface area (Å²) >= 11 is 3.32. The normalized spacial score (nSPS) is 11.5. The van der Waals surface area contributed by atoms with Gasteiger partial charge < -0.3 is 10.0 Å². The lowest BCUT2D eigenvalue weighted by molar-refractivity contribution is -0.129. The van der Waals surface area contributed by atoms with Gasteiger partial charge in [-0.1, -0.05) is 6.07 Å². The number of hydrogen-bond acceptors (Lipinski definition) is 4. The second kappa shape index (κ2) is 6.42. The van der Waals surface area contributed by atoms with Gasteiger partial charge in [0.05, 0.1) is 11.4 Å². The average Bonchev–Trinajstić information content (AvgIpc) is 2.67. The molecule has 0 aliphatic carbocycles. The fourth-order valence-corrected chi connectivity index (χ4v) is 3.22. The predicted molar refractivity (Wildman–Crippen MR) is 74.4 cm³/mol. The maximum atomic E-state index is 11.7. The summed E-state index contributed by atoms with van der Waals surface area (Å²) in [4.78, 5) is 14.6. The molecule has 17 heavy (non-hydrogen) atoms. The monoisotopic (exact) mass is 273 g/mol. The molecule has 1 amide bonds. The van der Waals surface area contributed by atoms with Crippen LogP contribution in [0.2, 0.25) is 0 Å². The van der Waals surface area contributed by atoms with E-state index >= 15 is 0 Å². The number of carbonyl (C=O) groups excluding carboxylic acids is 1. The number of thiophene rings is 1. The molecule has 1 heterocycles. The maximum absolute atomic E-state index is 11.7. The fourth-order valence-electron chi connectivity index (χ4n) is 1.41. The molecule has 0 saturated carbocycles. The van der Waals surface area contributed by atoms with Crippen LogP contribution in [0.15, 0.2) is 17.5 Å². The summed E-state index contributed by atoms with van der Waals surface area (Å²) in [5, 5.41) is 11.7. The van der Waals surface area contributed by atoms with Crippen LogP contribution < -0.4 is 0 Å². The minimum atomic E-state index is -0.831. The molecule has 0 atom stereocenters. The molecule has 1 N–H and O–H groups in total. The van der Waals surface area contributed by atoms with E-state index in [1.807, 2.05) is 11.4 Å². The number of likely N-dealkylation sites (N-methyl/N-ethyl adjacent to an activating group) is 1. The number of carbonyl (C=O) groups is 1. The molecule has 1 aromatic heterocycles. The van der Waals surface area contributed by atoms with Gasteiger partial charge in [0.2, 0.25) is 5.91 Å². The smallest absolute Gasteiger partial charge is 0.232 e. The molecule has 0 fully saturated rings. The van der Waals surface area contributed by atoms with Crippen LogP contribution in [-0.4, -0.2) is 40.9 Å². The number of amides is 1. The molecular weight excluding hydrogens is 254 g/mol. The van der Waals surface area contributed by atoms with Crippen molar-refractivity contribution >= 4 is 29.0 Å². The Kier molecular flexibility index (Phi) is 5.49. The summed E-state index contributed by atoms with van der Waals surface area (Å²) in [5.74, 6) is 1.40. The fraction of sp³-hybridized carbons (Fsp3) is 0.583. The molecular formula is C12H19NO2S2.